The Morgan fingerprint density at radius 1 is 1.31 bits per heavy atom. The van der Waals surface area contributed by atoms with E-state index in [0.29, 0.717) is 12.0 Å². The van der Waals surface area contributed by atoms with E-state index in [1.54, 1.807) is 6.33 Å². The molecule has 4 nitrogen and oxygen atoms in total. The van der Waals surface area contributed by atoms with Crippen molar-refractivity contribution >= 4 is 5.82 Å². The van der Waals surface area contributed by atoms with Gasteiger partial charge >= 0.3 is 0 Å². The summed E-state index contributed by atoms with van der Waals surface area (Å²) in [5.41, 5.74) is 7.00. The second kappa shape index (κ2) is 4.01. The van der Waals surface area contributed by atoms with Crippen LogP contribution >= 0.6 is 0 Å². The Hall–Kier alpha value is -1.16. The van der Waals surface area contributed by atoms with Crippen LogP contribution in [0.3, 0.4) is 0 Å². The number of nitrogens with zero attached hydrogens (tertiary/aromatic N) is 3. The number of anilines is 1. The maximum absolute atomic E-state index is 5.79. The molecule has 0 spiro atoms. The zero-order chi connectivity index (χ0) is 11.0. The van der Waals surface area contributed by atoms with Crippen LogP contribution in [0, 0.1) is 0 Å². The van der Waals surface area contributed by atoms with Crippen LogP contribution in [0.5, 0.6) is 0 Å². The zero-order valence-corrected chi connectivity index (χ0v) is 9.47. The van der Waals surface area contributed by atoms with Gasteiger partial charge in [0.25, 0.3) is 0 Å². The van der Waals surface area contributed by atoms with Gasteiger partial charge in [0.1, 0.15) is 12.1 Å². The molecule has 1 saturated heterocycles. The Balaban J connectivity index is 1.84. The summed E-state index contributed by atoms with van der Waals surface area (Å²) in [6, 6.07) is 2.63. The van der Waals surface area contributed by atoms with E-state index in [9.17, 15) is 0 Å². The topological polar surface area (TPSA) is 55.0 Å². The molecule has 0 aromatic carbocycles. The lowest BCUT2D eigenvalue weighted by Gasteiger charge is -2.24. The average Bonchev–Trinajstić information content (AvgIpc) is 3.07. The molecule has 1 aliphatic carbocycles. The monoisotopic (exact) mass is 218 g/mol. The van der Waals surface area contributed by atoms with Crippen molar-refractivity contribution in [2.24, 2.45) is 5.73 Å². The van der Waals surface area contributed by atoms with E-state index in [0.717, 1.165) is 18.9 Å². The van der Waals surface area contributed by atoms with Gasteiger partial charge in [0, 0.05) is 36.8 Å². The average molecular weight is 218 g/mol. The van der Waals surface area contributed by atoms with E-state index in [1.807, 2.05) is 0 Å². The van der Waals surface area contributed by atoms with Crippen molar-refractivity contribution in [1.29, 1.82) is 0 Å². The summed E-state index contributed by atoms with van der Waals surface area (Å²) in [6.07, 6.45) is 6.70. The van der Waals surface area contributed by atoms with Crippen molar-refractivity contribution in [3.63, 3.8) is 0 Å². The summed E-state index contributed by atoms with van der Waals surface area (Å²) in [5.74, 6) is 1.77. The van der Waals surface area contributed by atoms with Gasteiger partial charge in [-0.2, -0.15) is 0 Å². The Kier molecular flexibility index (Phi) is 2.52. The Bertz CT molecular complexity index is 375. The normalized spacial score (nSPS) is 25.1. The first kappa shape index (κ1) is 10.0. The summed E-state index contributed by atoms with van der Waals surface area (Å²) < 4.78 is 0. The Morgan fingerprint density at radius 3 is 2.94 bits per heavy atom. The van der Waals surface area contributed by atoms with Gasteiger partial charge in [0.2, 0.25) is 0 Å². The minimum atomic E-state index is 0.474. The predicted octanol–water partition coefficient (Wildman–Crippen LogP) is 1.28. The SMILES string of the molecule is NCC1CCCN1c1cc(C2CC2)ncn1. The summed E-state index contributed by atoms with van der Waals surface area (Å²) >= 11 is 0. The van der Waals surface area contributed by atoms with Crippen LogP contribution in [0.4, 0.5) is 5.82 Å². The highest BCUT2D eigenvalue weighted by atomic mass is 15.2. The van der Waals surface area contributed by atoms with Gasteiger partial charge in [0.05, 0.1) is 0 Å². The number of aromatic nitrogens is 2. The molecule has 1 aromatic rings. The van der Waals surface area contributed by atoms with Crippen LogP contribution in [0.25, 0.3) is 0 Å². The van der Waals surface area contributed by atoms with Crippen LogP contribution in [-0.2, 0) is 0 Å². The Morgan fingerprint density at radius 2 is 2.19 bits per heavy atom. The molecule has 2 N–H and O–H groups in total. The van der Waals surface area contributed by atoms with E-state index in [-0.39, 0.29) is 0 Å². The van der Waals surface area contributed by atoms with Crippen molar-refractivity contribution in [3.05, 3.63) is 18.1 Å². The summed E-state index contributed by atoms with van der Waals surface area (Å²) in [7, 11) is 0. The molecule has 0 radical (unpaired) electrons. The molecule has 0 amide bonds. The third-order valence-electron chi connectivity index (χ3n) is 3.61. The fourth-order valence-corrected chi connectivity index (χ4v) is 2.50. The molecule has 1 saturated carbocycles. The number of rotatable bonds is 3. The predicted molar refractivity (Wildman–Crippen MR) is 63.4 cm³/mol. The van der Waals surface area contributed by atoms with Gasteiger partial charge in [-0.05, 0) is 25.7 Å². The Labute approximate surface area is 95.9 Å². The first-order valence-electron chi connectivity index (χ1n) is 6.17. The smallest absolute Gasteiger partial charge is 0.132 e. The van der Waals surface area contributed by atoms with Crippen LogP contribution in [-0.4, -0.2) is 29.1 Å². The van der Waals surface area contributed by atoms with Gasteiger partial charge in [-0.25, -0.2) is 9.97 Å². The van der Waals surface area contributed by atoms with Crippen molar-refractivity contribution in [2.45, 2.75) is 37.6 Å². The molecule has 3 rings (SSSR count). The maximum atomic E-state index is 5.79. The molecule has 1 atom stereocenters. The molecule has 1 aromatic heterocycles. The third-order valence-corrected chi connectivity index (χ3v) is 3.61. The highest BCUT2D eigenvalue weighted by Gasteiger charge is 2.28. The number of hydrogen-bond donors (Lipinski definition) is 1. The molecule has 86 valence electrons. The molecular weight excluding hydrogens is 200 g/mol. The van der Waals surface area contributed by atoms with E-state index in [2.05, 4.69) is 20.9 Å². The van der Waals surface area contributed by atoms with E-state index < -0.39 is 0 Å². The fraction of sp³-hybridized carbons (Fsp3) is 0.667. The second-order valence-corrected chi connectivity index (χ2v) is 4.80. The highest BCUT2D eigenvalue weighted by molar-refractivity contribution is 5.42. The molecule has 1 aliphatic heterocycles. The first-order chi connectivity index (χ1) is 7.88. The van der Waals surface area contributed by atoms with Crippen LogP contribution in [0.2, 0.25) is 0 Å². The zero-order valence-electron chi connectivity index (χ0n) is 9.47. The number of nitrogens with two attached hydrogens (primary N) is 1. The van der Waals surface area contributed by atoms with E-state index in [1.165, 1.54) is 31.4 Å². The van der Waals surface area contributed by atoms with Crippen molar-refractivity contribution in [3.8, 4) is 0 Å². The quantitative estimate of drug-likeness (QED) is 0.830. The number of hydrogen-bond acceptors (Lipinski definition) is 4. The van der Waals surface area contributed by atoms with Gasteiger partial charge in [-0.15, -0.1) is 0 Å². The van der Waals surface area contributed by atoms with E-state index >= 15 is 0 Å². The second-order valence-electron chi connectivity index (χ2n) is 4.80. The van der Waals surface area contributed by atoms with Crippen LogP contribution in [0.15, 0.2) is 12.4 Å². The molecule has 2 fully saturated rings. The molecule has 2 aliphatic rings. The lowest BCUT2D eigenvalue weighted by atomic mass is 10.2. The van der Waals surface area contributed by atoms with Gasteiger partial charge < -0.3 is 10.6 Å². The minimum Gasteiger partial charge on any atom is -0.352 e. The van der Waals surface area contributed by atoms with Crippen molar-refractivity contribution in [2.75, 3.05) is 18.0 Å². The standard InChI is InChI=1S/C12H18N4/c13-7-10-2-1-5-16(10)12-6-11(9-3-4-9)14-8-15-12/h6,8-10H,1-5,7,13H2. The lowest BCUT2D eigenvalue weighted by Crippen LogP contribution is -2.35. The molecule has 16 heavy (non-hydrogen) atoms. The van der Waals surface area contributed by atoms with Crippen molar-refractivity contribution in [1.82, 2.24) is 9.97 Å². The summed E-state index contributed by atoms with van der Waals surface area (Å²) in [4.78, 5) is 11.1. The molecule has 4 heteroatoms. The van der Waals surface area contributed by atoms with Crippen LogP contribution in [0.1, 0.15) is 37.3 Å². The van der Waals surface area contributed by atoms with Crippen molar-refractivity contribution < 1.29 is 0 Å². The molecule has 1 unspecified atom stereocenters. The lowest BCUT2D eigenvalue weighted by molar-refractivity contribution is 0.670. The van der Waals surface area contributed by atoms with Gasteiger partial charge in [-0.1, -0.05) is 0 Å². The first-order valence-corrected chi connectivity index (χ1v) is 6.17. The fourth-order valence-electron chi connectivity index (χ4n) is 2.50. The third kappa shape index (κ3) is 1.78. The highest BCUT2D eigenvalue weighted by Crippen LogP contribution is 2.39. The molecular formula is C12H18N4. The summed E-state index contributed by atoms with van der Waals surface area (Å²) in [6.45, 7) is 1.81. The molecule has 0 bridgehead atoms. The van der Waals surface area contributed by atoms with Gasteiger partial charge in [-0.3, -0.25) is 0 Å². The molecule has 2 heterocycles. The van der Waals surface area contributed by atoms with Gasteiger partial charge in [0.15, 0.2) is 0 Å². The summed E-state index contributed by atoms with van der Waals surface area (Å²) in [5, 5.41) is 0. The largest absolute Gasteiger partial charge is 0.352 e. The van der Waals surface area contributed by atoms with Crippen LogP contribution < -0.4 is 10.6 Å². The maximum Gasteiger partial charge on any atom is 0.132 e. The van der Waals surface area contributed by atoms with E-state index in [4.69, 9.17) is 5.73 Å². The minimum absolute atomic E-state index is 0.474.